The number of nitrogens with zero attached hydrogens (tertiary/aromatic N) is 1. The molecule has 0 saturated carbocycles. The summed E-state index contributed by atoms with van der Waals surface area (Å²) in [5, 5.41) is 4.47. The normalized spacial score (nSPS) is 10.6. The molecular formula is C17H16Cl2N2O4. The summed E-state index contributed by atoms with van der Waals surface area (Å²) in [5.74, 6) is 1.06. The average molecular weight is 383 g/mol. The van der Waals surface area contributed by atoms with Crippen LogP contribution in [0, 0.1) is 0 Å². The molecule has 0 aliphatic carbocycles. The lowest BCUT2D eigenvalue weighted by molar-refractivity contribution is -0.123. The first-order valence-electron chi connectivity index (χ1n) is 7.16. The second-order valence-electron chi connectivity index (χ2n) is 4.75. The third-order valence-corrected chi connectivity index (χ3v) is 3.89. The Morgan fingerprint density at radius 1 is 1.12 bits per heavy atom. The first kappa shape index (κ1) is 18.9. The molecule has 0 atom stereocenters. The van der Waals surface area contributed by atoms with Crippen LogP contribution in [0.2, 0.25) is 10.0 Å². The van der Waals surface area contributed by atoms with E-state index in [0.29, 0.717) is 22.3 Å². The zero-order chi connectivity index (χ0) is 18.2. The largest absolute Gasteiger partial charge is 0.493 e. The smallest absolute Gasteiger partial charge is 0.277 e. The molecule has 0 heterocycles. The number of benzene rings is 2. The van der Waals surface area contributed by atoms with E-state index in [0.717, 1.165) is 5.56 Å². The Morgan fingerprint density at radius 3 is 2.60 bits per heavy atom. The van der Waals surface area contributed by atoms with E-state index in [1.165, 1.54) is 6.21 Å². The van der Waals surface area contributed by atoms with Crippen LogP contribution in [-0.2, 0) is 4.79 Å². The van der Waals surface area contributed by atoms with Gasteiger partial charge in [-0.25, -0.2) is 5.43 Å². The van der Waals surface area contributed by atoms with Crippen molar-refractivity contribution < 1.29 is 19.0 Å². The fourth-order valence-corrected chi connectivity index (χ4v) is 2.23. The van der Waals surface area contributed by atoms with Crippen molar-refractivity contribution in [3.63, 3.8) is 0 Å². The summed E-state index contributed by atoms with van der Waals surface area (Å²) in [6.07, 6.45) is 1.48. The van der Waals surface area contributed by atoms with E-state index in [9.17, 15) is 4.79 Å². The van der Waals surface area contributed by atoms with Crippen LogP contribution in [0.1, 0.15) is 5.56 Å². The van der Waals surface area contributed by atoms with Crippen molar-refractivity contribution in [1.29, 1.82) is 0 Å². The first-order valence-corrected chi connectivity index (χ1v) is 7.91. The SMILES string of the molecule is COc1ccc(/C=N/NC(=O)COc2cccc(Cl)c2Cl)cc1OC. The summed E-state index contributed by atoms with van der Waals surface area (Å²) in [6, 6.07) is 10.2. The van der Waals surface area contributed by atoms with Gasteiger partial charge < -0.3 is 14.2 Å². The van der Waals surface area contributed by atoms with Gasteiger partial charge in [0.2, 0.25) is 0 Å². The van der Waals surface area contributed by atoms with Crippen molar-refractivity contribution >= 4 is 35.3 Å². The average Bonchev–Trinajstić information content (AvgIpc) is 2.62. The van der Waals surface area contributed by atoms with E-state index in [4.69, 9.17) is 37.4 Å². The fourth-order valence-electron chi connectivity index (χ4n) is 1.88. The summed E-state index contributed by atoms with van der Waals surface area (Å²) >= 11 is 11.8. The number of halogens is 2. The molecule has 0 aliphatic rings. The Bertz CT molecular complexity index is 781. The maximum absolute atomic E-state index is 11.8. The van der Waals surface area contributed by atoms with Gasteiger partial charge in [-0.3, -0.25) is 4.79 Å². The molecule has 0 saturated heterocycles. The van der Waals surface area contributed by atoms with Crippen LogP contribution in [-0.4, -0.2) is 32.9 Å². The Hall–Kier alpha value is -2.44. The number of methoxy groups -OCH3 is 2. The first-order chi connectivity index (χ1) is 12.0. The molecule has 0 aliphatic heterocycles. The zero-order valence-corrected chi connectivity index (χ0v) is 15.1. The number of rotatable bonds is 7. The Kier molecular flexibility index (Phi) is 6.91. The second kappa shape index (κ2) is 9.15. The molecular weight excluding hydrogens is 367 g/mol. The Morgan fingerprint density at radius 2 is 1.88 bits per heavy atom. The van der Waals surface area contributed by atoms with Crippen molar-refractivity contribution in [3.05, 3.63) is 52.0 Å². The van der Waals surface area contributed by atoms with Crippen LogP contribution in [0.5, 0.6) is 17.2 Å². The number of hydrazone groups is 1. The molecule has 0 unspecified atom stereocenters. The second-order valence-corrected chi connectivity index (χ2v) is 5.53. The predicted molar refractivity (Wildman–Crippen MR) is 97.2 cm³/mol. The van der Waals surface area contributed by atoms with Gasteiger partial charge in [-0.15, -0.1) is 0 Å². The lowest BCUT2D eigenvalue weighted by Gasteiger charge is -2.08. The van der Waals surface area contributed by atoms with E-state index >= 15 is 0 Å². The Labute approximate surface area is 155 Å². The van der Waals surface area contributed by atoms with Gasteiger partial charge in [0, 0.05) is 0 Å². The third kappa shape index (κ3) is 5.27. The van der Waals surface area contributed by atoms with Gasteiger partial charge in [0.15, 0.2) is 18.1 Å². The topological polar surface area (TPSA) is 69.2 Å². The van der Waals surface area contributed by atoms with Crippen molar-refractivity contribution in [1.82, 2.24) is 5.43 Å². The quantitative estimate of drug-likeness (QED) is 0.587. The minimum absolute atomic E-state index is 0.247. The maximum Gasteiger partial charge on any atom is 0.277 e. The number of carbonyl (C=O) groups excluding carboxylic acids is 1. The summed E-state index contributed by atoms with van der Waals surface area (Å²) in [5.41, 5.74) is 3.09. The summed E-state index contributed by atoms with van der Waals surface area (Å²) in [6.45, 7) is -0.247. The van der Waals surface area contributed by atoms with Gasteiger partial charge in [0.1, 0.15) is 10.8 Å². The van der Waals surface area contributed by atoms with E-state index in [1.54, 1.807) is 50.6 Å². The zero-order valence-electron chi connectivity index (χ0n) is 13.6. The Balaban J connectivity index is 1.89. The van der Waals surface area contributed by atoms with E-state index in [1.807, 2.05) is 0 Å². The molecule has 2 rings (SSSR count). The summed E-state index contributed by atoms with van der Waals surface area (Å²) < 4.78 is 15.7. The standard InChI is InChI=1S/C17H16Cl2N2O4/c1-23-13-7-6-11(8-15(13)24-2)9-20-21-16(22)10-25-14-5-3-4-12(18)17(14)19/h3-9H,10H2,1-2H3,(H,21,22)/b20-9+. The van der Waals surface area contributed by atoms with Gasteiger partial charge in [-0.2, -0.15) is 5.10 Å². The summed E-state index contributed by atoms with van der Waals surface area (Å²) in [4.78, 5) is 11.8. The lowest BCUT2D eigenvalue weighted by Crippen LogP contribution is -2.24. The van der Waals surface area contributed by atoms with Gasteiger partial charge in [0.05, 0.1) is 25.5 Å². The highest BCUT2D eigenvalue weighted by Crippen LogP contribution is 2.31. The summed E-state index contributed by atoms with van der Waals surface area (Å²) in [7, 11) is 3.09. The van der Waals surface area contributed by atoms with Crippen LogP contribution >= 0.6 is 23.2 Å². The van der Waals surface area contributed by atoms with Gasteiger partial charge in [0.25, 0.3) is 5.91 Å². The van der Waals surface area contributed by atoms with Gasteiger partial charge in [-0.1, -0.05) is 29.3 Å². The van der Waals surface area contributed by atoms with Gasteiger partial charge in [-0.05, 0) is 35.9 Å². The molecule has 25 heavy (non-hydrogen) atoms. The maximum atomic E-state index is 11.8. The number of nitrogens with one attached hydrogen (secondary N) is 1. The van der Waals surface area contributed by atoms with Crippen molar-refractivity contribution in [2.24, 2.45) is 5.10 Å². The van der Waals surface area contributed by atoms with Crippen LogP contribution in [0.25, 0.3) is 0 Å². The number of ether oxygens (including phenoxy) is 3. The van der Waals surface area contributed by atoms with E-state index in [2.05, 4.69) is 10.5 Å². The van der Waals surface area contributed by atoms with Crippen LogP contribution in [0.15, 0.2) is 41.5 Å². The highest BCUT2D eigenvalue weighted by Gasteiger charge is 2.08. The number of carbonyl (C=O) groups is 1. The minimum atomic E-state index is -0.437. The molecule has 1 N–H and O–H groups in total. The molecule has 6 nitrogen and oxygen atoms in total. The molecule has 132 valence electrons. The monoisotopic (exact) mass is 382 g/mol. The van der Waals surface area contributed by atoms with Crippen molar-refractivity contribution in [2.75, 3.05) is 20.8 Å². The fraction of sp³-hybridized carbons (Fsp3) is 0.176. The van der Waals surface area contributed by atoms with E-state index in [-0.39, 0.29) is 11.6 Å². The minimum Gasteiger partial charge on any atom is -0.493 e. The highest BCUT2D eigenvalue weighted by molar-refractivity contribution is 6.42. The number of amides is 1. The van der Waals surface area contributed by atoms with Gasteiger partial charge >= 0.3 is 0 Å². The van der Waals surface area contributed by atoms with E-state index < -0.39 is 5.91 Å². The number of hydrogen-bond donors (Lipinski definition) is 1. The lowest BCUT2D eigenvalue weighted by atomic mass is 10.2. The molecule has 0 fully saturated rings. The highest BCUT2D eigenvalue weighted by atomic mass is 35.5. The van der Waals surface area contributed by atoms with Crippen molar-refractivity contribution in [3.8, 4) is 17.2 Å². The predicted octanol–water partition coefficient (Wildman–Crippen LogP) is 3.54. The van der Waals surface area contributed by atoms with Crippen LogP contribution in [0.3, 0.4) is 0 Å². The molecule has 0 radical (unpaired) electrons. The molecule has 0 aromatic heterocycles. The molecule has 8 heteroatoms. The molecule has 2 aromatic rings. The third-order valence-electron chi connectivity index (χ3n) is 3.09. The van der Waals surface area contributed by atoms with Crippen molar-refractivity contribution in [2.45, 2.75) is 0 Å². The number of hydrogen-bond acceptors (Lipinski definition) is 5. The molecule has 1 amide bonds. The molecule has 0 spiro atoms. The molecule has 2 aromatic carbocycles. The van der Waals surface area contributed by atoms with Crippen LogP contribution in [0.4, 0.5) is 0 Å². The molecule has 0 bridgehead atoms. The van der Waals surface area contributed by atoms with Crippen LogP contribution < -0.4 is 19.6 Å².